The van der Waals surface area contributed by atoms with Crippen LogP contribution in [-0.4, -0.2) is 53.3 Å². The van der Waals surface area contributed by atoms with Crippen LogP contribution in [0.25, 0.3) is 43.7 Å². The summed E-state index contributed by atoms with van der Waals surface area (Å²) in [5, 5.41) is 21.2. The van der Waals surface area contributed by atoms with E-state index in [1.54, 1.807) is 33.1 Å². The first kappa shape index (κ1) is 42.2. The van der Waals surface area contributed by atoms with E-state index in [9.17, 15) is 9.59 Å². The molecule has 2 radical (unpaired) electrons. The zero-order valence-corrected chi connectivity index (χ0v) is 35.7. The average Bonchev–Trinajstić information content (AvgIpc) is 3.77. The Bertz CT molecular complexity index is 1860. The largest absolute Gasteiger partial charge is 0.481 e. The van der Waals surface area contributed by atoms with Crippen molar-refractivity contribution < 1.29 is 19.8 Å². The predicted octanol–water partition coefficient (Wildman–Crippen LogP) is 12.6. The topological polar surface area (TPSA) is 100 Å². The monoisotopic (exact) mass is 892 g/mol. The van der Waals surface area contributed by atoms with E-state index >= 15 is 0 Å². The number of halogens is 2. The zero-order chi connectivity index (χ0) is 38.0. The molecule has 2 aromatic heterocycles. The molecule has 0 aliphatic rings. The van der Waals surface area contributed by atoms with Gasteiger partial charge >= 0.3 is 81.5 Å². The first-order valence-corrected chi connectivity index (χ1v) is 23.9. The summed E-state index contributed by atoms with van der Waals surface area (Å²) in [6, 6.07) is 34.1. The maximum Gasteiger partial charge on any atom is 0.308 e. The van der Waals surface area contributed by atoms with Gasteiger partial charge in [0.15, 0.2) is 0 Å². The molecule has 4 aromatic carbocycles. The van der Waals surface area contributed by atoms with Crippen molar-refractivity contribution in [2.45, 2.75) is 61.2 Å². The summed E-state index contributed by atoms with van der Waals surface area (Å²) in [4.78, 5) is 33.0. The van der Waals surface area contributed by atoms with Crippen LogP contribution in [0.3, 0.4) is 0 Å². The van der Waals surface area contributed by atoms with Crippen LogP contribution >= 0.6 is 45.9 Å². The molecule has 6 nitrogen and oxygen atoms in total. The summed E-state index contributed by atoms with van der Waals surface area (Å²) in [5.74, 6) is -1.73. The van der Waals surface area contributed by atoms with Gasteiger partial charge in [-0.1, -0.05) is 108 Å². The molecule has 0 amide bonds. The molecular weight excluding hydrogens is 850 g/mol. The molecule has 0 saturated heterocycles. The van der Waals surface area contributed by atoms with Crippen molar-refractivity contribution in [1.82, 2.24) is 9.97 Å². The number of hydrogen-bond donors (Lipinski definition) is 2. The summed E-state index contributed by atoms with van der Waals surface area (Å²) in [6.45, 7) is 4.58. The van der Waals surface area contributed by atoms with Crippen LogP contribution in [0, 0.1) is 0 Å². The molecule has 274 valence electrons. The average molecular weight is 893 g/mol. The van der Waals surface area contributed by atoms with E-state index in [0.717, 1.165) is 42.0 Å². The Labute approximate surface area is 340 Å². The van der Waals surface area contributed by atoms with Gasteiger partial charge in [0.25, 0.3) is 0 Å². The number of unbranched alkanes of at least 4 members (excludes halogenated alkanes) is 2. The van der Waals surface area contributed by atoms with E-state index in [1.807, 2.05) is 84.9 Å². The second-order valence-corrected chi connectivity index (χ2v) is 19.2. The molecule has 6 rings (SSSR count). The number of aromatic nitrogens is 2. The number of nitrogens with zero attached hydrogens (tertiary/aromatic N) is 2. The molecule has 0 bridgehead atoms. The van der Waals surface area contributed by atoms with Gasteiger partial charge in [0.1, 0.15) is 10.0 Å². The minimum absolute atomic E-state index is 0.0392. The van der Waals surface area contributed by atoms with Crippen molar-refractivity contribution in [3.63, 3.8) is 0 Å². The van der Waals surface area contributed by atoms with Gasteiger partial charge in [0.05, 0.1) is 24.2 Å². The molecule has 53 heavy (non-hydrogen) atoms. The van der Waals surface area contributed by atoms with E-state index in [0.29, 0.717) is 21.4 Å². The molecule has 0 atom stereocenters. The van der Waals surface area contributed by atoms with E-state index < -0.39 is 11.9 Å². The fourth-order valence-electron chi connectivity index (χ4n) is 5.02. The van der Waals surface area contributed by atoms with Crippen LogP contribution in [0.4, 0.5) is 0 Å². The molecule has 2 N–H and O–H groups in total. The van der Waals surface area contributed by atoms with Gasteiger partial charge in [-0.3, -0.25) is 9.59 Å². The second-order valence-electron chi connectivity index (χ2n) is 11.9. The number of aliphatic carboxylic acids is 2. The third-order valence-corrected chi connectivity index (χ3v) is 14.5. The summed E-state index contributed by atoms with van der Waals surface area (Å²) < 4.78 is 3.25. The van der Waals surface area contributed by atoms with E-state index in [2.05, 4.69) is 23.8 Å². The van der Waals surface area contributed by atoms with Crippen molar-refractivity contribution in [1.29, 1.82) is 0 Å². The van der Waals surface area contributed by atoms with Crippen LogP contribution < -0.4 is 0 Å². The zero-order valence-electron chi connectivity index (χ0n) is 29.7. The third-order valence-electron chi connectivity index (χ3n) is 7.71. The van der Waals surface area contributed by atoms with E-state index in [4.69, 9.17) is 33.4 Å². The molecule has 0 spiro atoms. The smallest absolute Gasteiger partial charge is 0.308 e. The Morgan fingerprint density at radius 2 is 0.925 bits per heavy atom. The van der Waals surface area contributed by atoms with Crippen molar-refractivity contribution >= 4 is 79.0 Å². The minimum Gasteiger partial charge on any atom is -0.481 e. The molecule has 0 aliphatic carbocycles. The Morgan fingerprint density at radius 3 is 1.25 bits per heavy atom. The molecule has 0 unspecified atom stereocenters. The number of hydrogen-bond acceptors (Lipinski definition) is 6. The predicted molar refractivity (Wildman–Crippen MR) is 224 cm³/mol. The third kappa shape index (κ3) is 14.0. The Kier molecular flexibility index (Phi) is 18.0. The number of carboxylic acid groups (broad SMARTS) is 2. The van der Waals surface area contributed by atoms with Crippen LogP contribution in [0.5, 0.6) is 0 Å². The number of thiazole rings is 2. The van der Waals surface area contributed by atoms with E-state index in [-0.39, 0.29) is 34.0 Å². The van der Waals surface area contributed by atoms with Crippen molar-refractivity contribution in [2.75, 3.05) is 0 Å². The molecule has 0 saturated carbocycles. The van der Waals surface area contributed by atoms with Crippen molar-refractivity contribution in [3.8, 4) is 43.7 Å². The van der Waals surface area contributed by atoms with Gasteiger partial charge in [-0.25, -0.2) is 9.97 Å². The summed E-state index contributed by atoms with van der Waals surface area (Å²) in [7, 11) is 0. The normalized spacial score (nSPS) is 10.5. The maximum atomic E-state index is 11.1. The van der Waals surface area contributed by atoms with Gasteiger partial charge in [0.2, 0.25) is 0 Å². The number of rotatable bonds is 14. The quantitative estimate of drug-likeness (QED) is 0.0834. The first-order valence-electron chi connectivity index (χ1n) is 17.4. The second kappa shape index (κ2) is 22.6. The van der Waals surface area contributed by atoms with Gasteiger partial charge in [-0.05, 0) is 24.3 Å². The van der Waals surface area contributed by atoms with Crippen LogP contribution in [-0.2, 0) is 22.4 Å². The molecule has 0 aliphatic heterocycles. The van der Waals surface area contributed by atoms with Gasteiger partial charge < -0.3 is 10.2 Å². The number of carboxylic acids is 2. The maximum absolute atomic E-state index is 11.1. The summed E-state index contributed by atoms with van der Waals surface area (Å²) >= 11 is 14.8. The number of benzene rings is 4. The minimum atomic E-state index is -0.863. The molecule has 2 heterocycles. The Morgan fingerprint density at radius 1 is 0.566 bits per heavy atom. The molecule has 0 fully saturated rings. The van der Waals surface area contributed by atoms with Gasteiger partial charge in [0, 0.05) is 42.1 Å². The molecule has 6 aromatic rings. The molecular formula is C42H42Cl2N2O4S2Sn. The van der Waals surface area contributed by atoms with Crippen LogP contribution in [0.2, 0.25) is 18.9 Å². The number of carbonyl (C=O) groups is 2. The SMILES string of the molecule is CCC[CH2][Sn][CH2]CCC.O=C(O)Cc1sc(-c2ccccc2)nc1-c1ccc(Cl)cc1.O=C(O)Cc1sc(-c2ccccc2)nc1-c1ccc(Cl)cc1. The van der Waals surface area contributed by atoms with Crippen molar-refractivity contribution in [2.24, 2.45) is 0 Å². The van der Waals surface area contributed by atoms with Gasteiger partial charge in [-0.15, -0.1) is 22.7 Å². The van der Waals surface area contributed by atoms with Crippen LogP contribution in [0.1, 0.15) is 49.3 Å². The van der Waals surface area contributed by atoms with Crippen molar-refractivity contribution in [3.05, 3.63) is 129 Å². The van der Waals surface area contributed by atoms with E-state index in [1.165, 1.54) is 48.4 Å². The van der Waals surface area contributed by atoms with Crippen LogP contribution in [0.15, 0.2) is 109 Å². The Hall–Kier alpha value is -3.54. The first-order chi connectivity index (χ1) is 25.7. The fourth-order valence-corrected chi connectivity index (χ4v) is 11.6. The standard InChI is InChI=1S/2C17H12ClNO2S.2C4H9.Sn/c2*18-13-8-6-11(7-9-13)16-14(10-15(20)21)22-17(19-16)12-4-2-1-3-5-12;2*1-3-4-2;/h2*1-9H,10H2,(H,20,21);2*1,3-4H2,2H3;. The summed E-state index contributed by atoms with van der Waals surface area (Å²) in [6.07, 6.45) is 5.76. The van der Waals surface area contributed by atoms with Gasteiger partial charge in [-0.2, -0.15) is 0 Å². The summed E-state index contributed by atoms with van der Waals surface area (Å²) in [5.41, 5.74) is 5.14. The molecule has 11 heteroatoms. The fraction of sp³-hybridized carbons (Fsp3) is 0.238. The Balaban J connectivity index is 0.000000194.